The molecule has 254 valence electrons. The number of carbonyl (C=O) groups is 1. The third kappa shape index (κ3) is 5.90. The normalized spacial score (nSPS) is 31.3. The van der Waals surface area contributed by atoms with Crippen LogP contribution < -0.4 is 4.74 Å². The van der Waals surface area contributed by atoms with Crippen LogP contribution in [-0.2, 0) is 23.1 Å². The van der Waals surface area contributed by atoms with Gasteiger partial charge in [-0.05, 0) is 92.7 Å². The van der Waals surface area contributed by atoms with Gasteiger partial charge in [0.25, 0.3) is 0 Å². The van der Waals surface area contributed by atoms with Crippen LogP contribution in [0.2, 0.25) is 0 Å². The summed E-state index contributed by atoms with van der Waals surface area (Å²) >= 11 is 0. The Hall–Kier alpha value is -2.57. The lowest BCUT2D eigenvalue weighted by molar-refractivity contribution is -0.159. The number of nitrogens with zero attached hydrogens (tertiary/aromatic N) is 2. The minimum Gasteiger partial charge on any atom is -0.504 e. The number of carbonyl (C=O) groups excluding carboxylic acids is 1. The number of phenols is 1. The molecule has 3 saturated carbocycles. The second-order valence-electron chi connectivity index (χ2n) is 16.1. The number of hydrogen-bond acceptors (Lipinski definition) is 5. The second-order valence-corrected chi connectivity index (χ2v) is 16.1. The molecule has 8 rings (SSSR count). The van der Waals surface area contributed by atoms with Crippen LogP contribution in [0.15, 0.2) is 42.5 Å². The Bertz CT molecular complexity index is 1400. The number of ether oxygens (including phenoxy) is 1. The zero-order valence-electron chi connectivity index (χ0n) is 28.3. The number of aryl methyl sites for hydroxylation is 1. The van der Waals surface area contributed by atoms with E-state index in [2.05, 4.69) is 46.2 Å². The lowest BCUT2D eigenvalue weighted by Gasteiger charge is -2.62. The van der Waals surface area contributed by atoms with E-state index in [0.29, 0.717) is 24.8 Å². The fourth-order valence-corrected chi connectivity index (χ4v) is 10.9. The van der Waals surface area contributed by atoms with Crippen LogP contribution in [0.5, 0.6) is 11.5 Å². The van der Waals surface area contributed by atoms with Gasteiger partial charge in [-0.15, -0.1) is 0 Å². The van der Waals surface area contributed by atoms with Crippen molar-refractivity contribution in [2.75, 3.05) is 19.6 Å². The number of likely N-dealkylation sites (tertiary alicyclic amines) is 1. The minimum absolute atomic E-state index is 0.100. The molecule has 1 amide bonds. The first-order valence-electron chi connectivity index (χ1n) is 19.3. The second kappa shape index (κ2) is 13.4. The van der Waals surface area contributed by atoms with Crippen LogP contribution in [0.25, 0.3) is 0 Å². The molecule has 2 heterocycles. The van der Waals surface area contributed by atoms with Crippen LogP contribution in [0.4, 0.5) is 0 Å². The molecule has 6 heteroatoms. The Labute approximate surface area is 281 Å². The Balaban J connectivity index is 1.05. The van der Waals surface area contributed by atoms with Crippen molar-refractivity contribution in [3.8, 4) is 11.5 Å². The highest BCUT2D eigenvalue weighted by Crippen LogP contribution is 2.64. The summed E-state index contributed by atoms with van der Waals surface area (Å²) in [7, 11) is 0. The van der Waals surface area contributed by atoms with Crippen molar-refractivity contribution in [2.24, 2.45) is 17.8 Å². The summed E-state index contributed by atoms with van der Waals surface area (Å²) in [6.07, 6.45) is 18.3. The number of benzene rings is 2. The van der Waals surface area contributed by atoms with Crippen molar-refractivity contribution in [3.63, 3.8) is 0 Å². The molecule has 2 aliphatic heterocycles. The maximum Gasteiger partial charge on any atom is 0.222 e. The predicted octanol–water partition coefficient (Wildman–Crippen LogP) is 7.17. The smallest absolute Gasteiger partial charge is 0.222 e. The quantitative estimate of drug-likeness (QED) is 0.227. The van der Waals surface area contributed by atoms with Crippen molar-refractivity contribution in [1.29, 1.82) is 0 Å². The lowest BCUT2D eigenvalue weighted by atomic mass is 9.49. The number of rotatable bonds is 13. The Kier molecular flexibility index (Phi) is 9.02. The summed E-state index contributed by atoms with van der Waals surface area (Å²) in [5.41, 5.74) is 3.07. The van der Waals surface area contributed by atoms with Crippen LogP contribution in [0, 0.1) is 17.8 Å². The molecule has 6 nitrogen and oxygen atoms in total. The molecule has 0 unspecified atom stereocenters. The molecule has 6 aliphatic rings. The van der Waals surface area contributed by atoms with Crippen LogP contribution in [-0.4, -0.2) is 69.8 Å². The maximum atomic E-state index is 14.3. The standard InChI is InChI=1S/C41H56N2O4/c44-35-23-20-31-25-34-32-21-22-33(40-41(32,38(31)39(35)47-40)36(45)27-42(34)26-30-18-19-30)43(24-10-9-16-29-13-5-2-6-14-29)37(46)17-8-7-15-28-11-3-1-4-12-28/h2,5-6,13-14,20,23,28,30,32-34,36,40,44-45H,1,3-4,7-12,15-19,21-22,24-27H2/t32-,33+,34+,36+,40-,41+/m0/s1. The molecule has 1 saturated heterocycles. The van der Waals surface area contributed by atoms with Gasteiger partial charge in [0.1, 0.15) is 6.10 Å². The van der Waals surface area contributed by atoms with E-state index in [9.17, 15) is 15.0 Å². The molecule has 1 spiro atoms. The van der Waals surface area contributed by atoms with Gasteiger partial charge in [-0.25, -0.2) is 0 Å². The Morgan fingerprint density at radius 2 is 1.74 bits per heavy atom. The molecular weight excluding hydrogens is 584 g/mol. The molecular formula is C41H56N2O4. The first kappa shape index (κ1) is 31.7. The van der Waals surface area contributed by atoms with Crippen LogP contribution in [0.3, 0.4) is 0 Å². The number of piperidine rings is 1. The average molecular weight is 641 g/mol. The molecule has 4 aliphatic carbocycles. The summed E-state index contributed by atoms with van der Waals surface area (Å²) in [5, 5.41) is 23.5. The van der Waals surface area contributed by atoms with E-state index in [1.807, 2.05) is 0 Å². The van der Waals surface area contributed by atoms with E-state index < -0.39 is 11.5 Å². The van der Waals surface area contributed by atoms with Crippen molar-refractivity contribution in [1.82, 2.24) is 9.80 Å². The van der Waals surface area contributed by atoms with E-state index in [-0.39, 0.29) is 29.7 Å². The SMILES string of the molecule is O=C(CCCCC1CCCCC1)N(CCCCc1ccccc1)[C@@H]1CC[C@H]2[C@H]3Cc4ccc(O)c5c4[C@@]2([C@H](O)CN3CC2CC2)[C@H]1O5. The van der Waals surface area contributed by atoms with E-state index in [4.69, 9.17) is 4.74 Å². The molecule has 0 aromatic heterocycles. The molecule has 0 radical (unpaired) electrons. The summed E-state index contributed by atoms with van der Waals surface area (Å²) in [6.45, 7) is 2.46. The number of aromatic hydroxyl groups is 1. The van der Waals surface area contributed by atoms with E-state index in [0.717, 1.165) is 81.9 Å². The van der Waals surface area contributed by atoms with Crippen LogP contribution in [0.1, 0.15) is 113 Å². The molecule has 4 fully saturated rings. The number of amides is 1. The van der Waals surface area contributed by atoms with E-state index >= 15 is 0 Å². The van der Waals surface area contributed by atoms with E-state index in [1.54, 1.807) is 6.07 Å². The molecule has 2 aromatic rings. The van der Waals surface area contributed by atoms with Crippen molar-refractivity contribution in [2.45, 2.75) is 139 Å². The number of aliphatic hydroxyl groups is 1. The number of aliphatic hydroxyl groups excluding tert-OH is 1. The molecule has 2 N–H and O–H groups in total. The van der Waals surface area contributed by atoms with Crippen molar-refractivity contribution in [3.05, 3.63) is 59.2 Å². The maximum absolute atomic E-state index is 14.3. The largest absolute Gasteiger partial charge is 0.504 e. The lowest BCUT2D eigenvalue weighted by Crippen LogP contribution is -2.74. The summed E-state index contributed by atoms with van der Waals surface area (Å²) in [6, 6.07) is 14.8. The van der Waals surface area contributed by atoms with Gasteiger partial charge in [-0.1, -0.05) is 81.3 Å². The summed E-state index contributed by atoms with van der Waals surface area (Å²) in [4.78, 5) is 19.1. The Morgan fingerprint density at radius 3 is 2.55 bits per heavy atom. The monoisotopic (exact) mass is 640 g/mol. The highest BCUT2D eigenvalue weighted by atomic mass is 16.5. The fourth-order valence-electron chi connectivity index (χ4n) is 10.9. The number of unbranched alkanes of at least 4 members (excludes halogenated alkanes) is 2. The fraction of sp³-hybridized carbons (Fsp3) is 0.683. The number of hydrogen-bond donors (Lipinski definition) is 2. The summed E-state index contributed by atoms with van der Waals surface area (Å²) < 4.78 is 6.91. The van der Waals surface area contributed by atoms with Crippen LogP contribution >= 0.6 is 0 Å². The van der Waals surface area contributed by atoms with Gasteiger partial charge in [-0.3, -0.25) is 9.69 Å². The Morgan fingerprint density at radius 1 is 0.915 bits per heavy atom. The molecule has 2 bridgehead atoms. The molecule has 47 heavy (non-hydrogen) atoms. The minimum atomic E-state index is -0.581. The summed E-state index contributed by atoms with van der Waals surface area (Å²) in [5.74, 6) is 2.90. The number of β-amino-alcohol motifs (C(OH)–C–C–N with tert-alkyl or cyclic N) is 1. The molecule has 2 aromatic carbocycles. The first-order chi connectivity index (χ1) is 23.0. The third-order valence-electron chi connectivity index (χ3n) is 13.3. The van der Waals surface area contributed by atoms with Gasteiger partial charge < -0.3 is 19.8 Å². The van der Waals surface area contributed by atoms with Gasteiger partial charge >= 0.3 is 0 Å². The highest BCUT2D eigenvalue weighted by Gasteiger charge is 2.70. The molecule has 6 atom stereocenters. The topological polar surface area (TPSA) is 73.2 Å². The predicted molar refractivity (Wildman–Crippen MR) is 185 cm³/mol. The third-order valence-corrected chi connectivity index (χ3v) is 13.3. The zero-order chi connectivity index (χ0) is 32.0. The first-order valence-corrected chi connectivity index (χ1v) is 19.3. The zero-order valence-corrected chi connectivity index (χ0v) is 28.3. The average Bonchev–Trinajstić information content (AvgIpc) is 3.84. The highest BCUT2D eigenvalue weighted by molar-refractivity contribution is 5.77. The van der Waals surface area contributed by atoms with Gasteiger partial charge in [0, 0.05) is 37.7 Å². The number of phenolic OH excluding ortho intramolecular Hbond substituents is 1. The van der Waals surface area contributed by atoms with Gasteiger partial charge in [-0.2, -0.15) is 0 Å². The van der Waals surface area contributed by atoms with Gasteiger partial charge in [0.2, 0.25) is 5.91 Å². The van der Waals surface area contributed by atoms with Gasteiger partial charge in [0.05, 0.1) is 17.6 Å². The van der Waals surface area contributed by atoms with Crippen molar-refractivity contribution >= 4 is 5.91 Å². The van der Waals surface area contributed by atoms with Gasteiger partial charge in [0.15, 0.2) is 11.5 Å². The van der Waals surface area contributed by atoms with E-state index in [1.165, 1.54) is 62.5 Å². The van der Waals surface area contributed by atoms with Crippen molar-refractivity contribution < 1.29 is 19.7 Å².